The van der Waals surface area contributed by atoms with Gasteiger partial charge >= 0.3 is 0 Å². The molecule has 1 heterocycles. The van der Waals surface area contributed by atoms with Gasteiger partial charge in [0.25, 0.3) is 0 Å². The first-order valence-corrected chi connectivity index (χ1v) is 8.67. The van der Waals surface area contributed by atoms with Crippen LogP contribution in [0.25, 0.3) is 0 Å². The van der Waals surface area contributed by atoms with Gasteiger partial charge in [-0.05, 0) is 38.1 Å². The molecule has 1 amide bonds. The van der Waals surface area contributed by atoms with E-state index >= 15 is 0 Å². The molecule has 2 unspecified atom stereocenters. The van der Waals surface area contributed by atoms with Crippen molar-refractivity contribution in [1.82, 2.24) is 5.32 Å². The number of hydrogen-bond donors (Lipinski definition) is 2. The van der Waals surface area contributed by atoms with E-state index in [2.05, 4.69) is 10.6 Å². The number of halogens is 1. The fraction of sp³-hybridized carbons (Fsp3) is 0.500. The van der Waals surface area contributed by atoms with Crippen LogP contribution in [0.1, 0.15) is 30.5 Å². The van der Waals surface area contributed by atoms with Crippen LogP contribution in [0.5, 0.6) is 0 Å². The predicted molar refractivity (Wildman–Crippen MR) is 79.5 cm³/mol. The molecule has 5 nitrogen and oxygen atoms in total. The molecule has 2 N–H and O–H groups in total. The van der Waals surface area contributed by atoms with E-state index in [1.54, 1.807) is 20.0 Å². The number of carbonyl (C=O) groups is 1. The highest BCUT2D eigenvalue weighted by Crippen LogP contribution is 2.31. The molecule has 2 atom stereocenters. The largest absolute Gasteiger partial charge is 0.326 e. The Morgan fingerprint density at radius 2 is 2.00 bits per heavy atom. The Hall–Kier alpha value is -1.47. The average molecular weight is 314 g/mol. The summed E-state index contributed by atoms with van der Waals surface area (Å²) in [5.74, 6) is -0.657. The quantitative estimate of drug-likeness (QED) is 0.881. The number of rotatable bonds is 4. The fourth-order valence-electron chi connectivity index (χ4n) is 2.55. The zero-order chi connectivity index (χ0) is 15.8. The van der Waals surface area contributed by atoms with E-state index in [0.717, 1.165) is 11.8 Å². The van der Waals surface area contributed by atoms with E-state index in [9.17, 15) is 17.6 Å². The summed E-state index contributed by atoms with van der Waals surface area (Å²) in [6.45, 7) is 1.55. The number of fused-ring (bicyclic) bond motifs is 1. The molecule has 1 aliphatic heterocycles. The second-order valence-electron chi connectivity index (χ2n) is 5.38. The maximum atomic E-state index is 14.3. The van der Waals surface area contributed by atoms with E-state index in [4.69, 9.17) is 0 Å². The molecule has 21 heavy (non-hydrogen) atoms. The number of hydrogen-bond acceptors (Lipinski definition) is 4. The Bertz CT molecular complexity index is 673. The van der Waals surface area contributed by atoms with Crippen LogP contribution in [0.2, 0.25) is 0 Å². The van der Waals surface area contributed by atoms with Crippen LogP contribution in [0.3, 0.4) is 0 Å². The van der Waals surface area contributed by atoms with Crippen molar-refractivity contribution in [2.45, 2.75) is 31.1 Å². The summed E-state index contributed by atoms with van der Waals surface area (Å²) in [5.41, 5.74) is 1.60. The van der Waals surface area contributed by atoms with E-state index in [1.165, 1.54) is 6.07 Å². The molecule has 0 fully saturated rings. The number of aryl methyl sites for hydroxylation is 1. The first kappa shape index (κ1) is 15.9. The fourth-order valence-corrected chi connectivity index (χ4v) is 3.33. The molecule has 1 aromatic rings. The van der Waals surface area contributed by atoms with Crippen molar-refractivity contribution in [2.24, 2.45) is 0 Å². The standard InChI is InChI=1S/C14H19FN2O3S/c1-8(21(3,19)20)14(16-2)10-6-9-4-5-13(18)17-12(9)7-11(10)15/h6-8,14,16H,4-5H2,1-3H3,(H,17,18). The van der Waals surface area contributed by atoms with Gasteiger partial charge in [-0.1, -0.05) is 0 Å². The summed E-state index contributed by atoms with van der Waals surface area (Å²) in [4.78, 5) is 11.3. The number of nitrogens with one attached hydrogen (secondary N) is 2. The summed E-state index contributed by atoms with van der Waals surface area (Å²) in [5, 5.41) is 4.75. The third kappa shape index (κ3) is 3.24. The van der Waals surface area contributed by atoms with Gasteiger partial charge in [0, 0.05) is 23.9 Å². The first-order chi connectivity index (χ1) is 9.74. The lowest BCUT2D eigenvalue weighted by molar-refractivity contribution is -0.116. The Kier molecular flexibility index (Phi) is 4.34. The van der Waals surface area contributed by atoms with Crippen molar-refractivity contribution in [3.8, 4) is 0 Å². The van der Waals surface area contributed by atoms with Gasteiger partial charge in [-0.3, -0.25) is 4.79 Å². The highest BCUT2D eigenvalue weighted by molar-refractivity contribution is 7.91. The van der Waals surface area contributed by atoms with E-state index in [0.29, 0.717) is 24.1 Å². The molecule has 116 valence electrons. The smallest absolute Gasteiger partial charge is 0.224 e. The third-order valence-electron chi connectivity index (χ3n) is 3.91. The molecule has 1 aliphatic rings. The van der Waals surface area contributed by atoms with E-state index < -0.39 is 26.9 Å². The minimum atomic E-state index is -3.31. The van der Waals surface area contributed by atoms with Crippen molar-refractivity contribution in [3.05, 3.63) is 29.1 Å². The van der Waals surface area contributed by atoms with Gasteiger partial charge < -0.3 is 10.6 Å². The number of sulfone groups is 1. The SMILES string of the molecule is CNC(c1cc2c(cc1F)NC(=O)CC2)C(C)S(C)(=O)=O. The van der Waals surface area contributed by atoms with Crippen molar-refractivity contribution in [3.63, 3.8) is 0 Å². The topological polar surface area (TPSA) is 75.3 Å². The lowest BCUT2D eigenvalue weighted by Gasteiger charge is -2.25. The molecule has 0 saturated heterocycles. The Morgan fingerprint density at radius 1 is 1.33 bits per heavy atom. The Balaban J connectivity index is 2.46. The van der Waals surface area contributed by atoms with Gasteiger partial charge in [0.15, 0.2) is 9.84 Å². The Labute approximate surface area is 123 Å². The lowest BCUT2D eigenvalue weighted by atomic mass is 9.95. The van der Waals surface area contributed by atoms with Crippen LogP contribution in [0, 0.1) is 5.82 Å². The molecule has 7 heteroatoms. The van der Waals surface area contributed by atoms with Crippen LogP contribution in [0.4, 0.5) is 10.1 Å². The molecular formula is C14H19FN2O3S. The van der Waals surface area contributed by atoms with Crippen LogP contribution in [0.15, 0.2) is 12.1 Å². The molecule has 0 bridgehead atoms. The van der Waals surface area contributed by atoms with Crippen molar-refractivity contribution < 1.29 is 17.6 Å². The summed E-state index contributed by atoms with van der Waals surface area (Å²) < 4.78 is 37.8. The normalized spacial score (nSPS) is 17.8. The number of benzene rings is 1. The Morgan fingerprint density at radius 3 is 2.57 bits per heavy atom. The van der Waals surface area contributed by atoms with Gasteiger partial charge in [-0.2, -0.15) is 0 Å². The second kappa shape index (κ2) is 5.73. The number of amides is 1. The summed E-state index contributed by atoms with van der Waals surface area (Å²) in [6, 6.07) is 2.27. The first-order valence-electron chi connectivity index (χ1n) is 6.72. The van der Waals surface area contributed by atoms with Gasteiger partial charge in [0.05, 0.1) is 11.3 Å². The third-order valence-corrected chi connectivity index (χ3v) is 5.53. The maximum absolute atomic E-state index is 14.3. The minimum absolute atomic E-state index is 0.135. The average Bonchev–Trinajstić information content (AvgIpc) is 2.39. The molecular weight excluding hydrogens is 295 g/mol. The number of carbonyl (C=O) groups excluding carboxylic acids is 1. The van der Waals surface area contributed by atoms with E-state index in [1.807, 2.05) is 0 Å². The molecule has 2 rings (SSSR count). The monoisotopic (exact) mass is 314 g/mol. The van der Waals surface area contributed by atoms with Gasteiger partial charge in [0.1, 0.15) is 5.82 Å². The summed E-state index contributed by atoms with van der Waals surface area (Å²) >= 11 is 0. The summed E-state index contributed by atoms with van der Waals surface area (Å²) in [7, 11) is -1.70. The second-order valence-corrected chi connectivity index (χ2v) is 7.78. The van der Waals surface area contributed by atoms with Crippen LogP contribution in [-0.4, -0.2) is 32.9 Å². The molecule has 0 aliphatic carbocycles. The van der Waals surface area contributed by atoms with Crippen LogP contribution in [-0.2, 0) is 21.1 Å². The van der Waals surface area contributed by atoms with Crippen molar-refractivity contribution in [1.29, 1.82) is 0 Å². The van der Waals surface area contributed by atoms with Gasteiger partial charge in [-0.15, -0.1) is 0 Å². The van der Waals surface area contributed by atoms with Crippen molar-refractivity contribution in [2.75, 3.05) is 18.6 Å². The van der Waals surface area contributed by atoms with E-state index in [-0.39, 0.29) is 5.91 Å². The molecule has 0 spiro atoms. The predicted octanol–water partition coefficient (Wildman–Crippen LogP) is 1.40. The summed E-state index contributed by atoms with van der Waals surface area (Å²) in [6.07, 6.45) is 2.01. The lowest BCUT2D eigenvalue weighted by Crippen LogP contribution is -2.34. The molecule has 0 radical (unpaired) electrons. The zero-order valence-electron chi connectivity index (χ0n) is 12.2. The number of anilines is 1. The van der Waals surface area contributed by atoms with Crippen LogP contribution < -0.4 is 10.6 Å². The van der Waals surface area contributed by atoms with Crippen molar-refractivity contribution >= 4 is 21.4 Å². The highest BCUT2D eigenvalue weighted by Gasteiger charge is 2.29. The molecule has 0 aromatic heterocycles. The highest BCUT2D eigenvalue weighted by atomic mass is 32.2. The molecule has 0 saturated carbocycles. The molecule has 1 aromatic carbocycles. The zero-order valence-corrected chi connectivity index (χ0v) is 13.1. The van der Waals surface area contributed by atoms with Gasteiger partial charge in [0.2, 0.25) is 5.91 Å². The van der Waals surface area contributed by atoms with Gasteiger partial charge in [-0.25, -0.2) is 12.8 Å². The minimum Gasteiger partial charge on any atom is -0.326 e. The maximum Gasteiger partial charge on any atom is 0.224 e. The van der Waals surface area contributed by atoms with Crippen LogP contribution >= 0.6 is 0 Å².